The van der Waals surface area contributed by atoms with E-state index in [-0.39, 0.29) is 6.04 Å². The molecule has 0 saturated heterocycles. The molecule has 0 aliphatic rings. The van der Waals surface area contributed by atoms with Gasteiger partial charge in [-0.2, -0.15) is 5.10 Å². The van der Waals surface area contributed by atoms with Crippen LogP contribution in [0.3, 0.4) is 0 Å². The zero-order chi connectivity index (χ0) is 13.0. The monoisotopic (exact) mass is 245 g/mol. The van der Waals surface area contributed by atoms with E-state index in [0.717, 1.165) is 6.54 Å². The van der Waals surface area contributed by atoms with Crippen LogP contribution in [0.1, 0.15) is 17.3 Å². The number of nitrogens with two attached hydrogens (primary N) is 1. The normalized spacial score (nSPS) is 12.1. The lowest BCUT2D eigenvalue weighted by Crippen LogP contribution is -2.23. The first-order chi connectivity index (χ1) is 8.65. The number of primary amides is 1. The summed E-state index contributed by atoms with van der Waals surface area (Å²) in [6.07, 6.45) is 5.11. The lowest BCUT2D eigenvalue weighted by molar-refractivity contribution is 0.1000. The molecule has 0 aromatic carbocycles. The van der Waals surface area contributed by atoms with Crippen molar-refractivity contribution in [3.05, 3.63) is 42.4 Å². The number of hydrogen-bond acceptors (Lipinski definition) is 4. The van der Waals surface area contributed by atoms with Crippen molar-refractivity contribution in [2.45, 2.75) is 19.5 Å². The molecule has 1 amide bonds. The molecule has 3 N–H and O–H groups in total. The van der Waals surface area contributed by atoms with E-state index in [0.29, 0.717) is 11.4 Å². The molecule has 1 unspecified atom stereocenters. The van der Waals surface area contributed by atoms with Gasteiger partial charge in [-0.3, -0.25) is 9.48 Å². The van der Waals surface area contributed by atoms with Gasteiger partial charge in [-0.1, -0.05) is 0 Å². The number of hydrogen-bond donors (Lipinski definition) is 2. The van der Waals surface area contributed by atoms with Crippen LogP contribution in [-0.4, -0.2) is 26.7 Å². The van der Waals surface area contributed by atoms with Crippen molar-refractivity contribution in [2.24, 2.45) is 5.73 Å². The molecule has 2 rings (SSSR count). The number of nitrogens with one attached hydrogen (secondary N) is 1. The van der Waals surface area contributed by atoms with Gasteiger partial charge in [0.1, 0.15) is 5.82 Å². The third kappa shape index (κ3) is 3.07. The first-order valence-corrected chi connectivity index (χ1v) is 5.65. The average molecular weight is 245 g/mol. The van der Waals surface area contributed by atoms with Crippen LogP contribution in [0.5, 0.6) is 0 Å². The molecule has 0 aliphatic heterocycles. The zero-order valence-electron chi connectivity index (χ0n) is 10.1. The molecule has 2 aromatic rings. The molecule has 1 atom stereocenters. The van der Waals surface area contributed by atoms with Crippen molar-refractivity contribution in [3.8, 4) is 0 Å². The smallest absolute Gasteiger partial charge is 0.250 e. The average Bonchev–Trinajstić information content (AvgIpc) is 2.82. The minimum Gasteiger partial charge on any atom is -0.366 e. The van der Waals surface area contributed by atoms with Crippen LogP contribution in [0.4, 0.5) is 5.82 Å². The van der Waals surface area contributed by atoms with E-state index in [1.54, 1.807) is 18.3 Å². The summed E-state index contributed by atoms with van der Waals surface area (Å²) in [6, 6.07) is 5.45. The second-order valence-electron chi connectivity index (χ2n) is 4.07. The molecular weight excluding hydrogens is 230 g/mol. The molecule has 2 heterocycles. The maximum atomic E-state index is 10.9. The van der Waals surface area contributed by atoms with Gasteiger partial charge in [-0.25, -0.2) is 4.98 Å². The number of amides is 1. The van der Waals surface area contributed by atoms with Gasteiger partial charge in [0.25, 0.3) is 0 Å². The molecule has 0 spiro atoms. The Bertz CT molecular complexity index is 506. The molecule has 0 radical (unpaired) electrons. The van der Waals surface area contributed by atoms with Crippen LogP contribution in [0.15, 0.2) is 36.8 Å². The first kappa shape index (κ1) is 12.1. The number of aromatic nitrogens is 3. The van der Waals surface area contributed by atoms with E-state index in [4.69, 9.17) is 5.73 Å². The van der Waals surface area contributed by atoms with Gasteiger partial charge >= 0.3 is 0 Å². The van der Waals surface area contributed by atoms with Crippen LogP contribution >= 0.6 is 0 Å². The third-order valence-electron chi connectivity index (χ3n) is 2.46. The second kappa shape index (κ2) is 5.31. The van der Waals surface area contributed by atoms with Gasteiger partial charge in [-0.05, 0) is 25.1 Å². The van der Waals surface area contributed by atoms with E-state index in [1.807, 2.05) is 23.9 Å². The quantitative estimate of drug-likeness (QED) is 0.818. The summed E-state index contributed by atoms with van der Waals surface area (Å²) in [5.41, 5.74) is 5.55. The topological polar surface area (TPSA) is 85.8 Å². The largest absolute Gasteiger partial charge is 0.366 e. The molecule has 94 valence electrons. The Morgan fingerprint density at radius 1 is 1.56 bits per heavy atom. The van der Waals surface area contributed by atoms with E-state index in [9.17, 15) is 4.79 Å². The highest BCUT2D eigenvalue weighted by Gasteiger charge is 2.05. The number of anilines is 1. The highest BCUT2D eigenvalue weighted by atomic mass is 16.1. The number of rotatable bonds is 5. The molecule has 6 nitrogen and oxygen atoms in total. The summed E-state index contributed by atoms with van der Waals surface area (Å²) >= 11 is 0. The molecule has 6 heteroatoms. The fourth-order valence-electron chi connectivity index (χ4n) is 1.61. The van der Waals surface area contributed by atoms with Gasteiger partial charge in [0, 0.05) is 24.6 Å². The summed E-state index contributed by atoms with van der Waals surface area (Å²) in [7, 11) is 0. The molecular formula is C12H15N5O. The highest BCUT2D eigenvalue weighted by molar-refractivity contribution is 5.92. The minimum absolute atomic E-state index is 0.178. The van der Waals surface area contributed by atoms with Crippen LogP contribution in [0.2, 0.25) is 0 Å². The van der Waals surface area contributed by atoms with Crippen molar-refractivity contribution < 1.29 is 4.79 Å². The first-order valence-electron chi connectivity index (χ1n) is 5.65. The molecule has 18 heavy (non-hydrogen) atoms. The van der Waals surface area contributed by atoms with Crippen LogP contribution in [-0.2, 0) is 6.54 Å². The Morgan fingerprint density at radius 2 is 2.39 bits per heavy atom. The van der Waals surface area contributed by atoms with Crippen molar-refractivity contribution in [3.63, 3.8) is 0 Å². The van der Waals surface area contributed by atoms with Gasteiger partial charge in [0.2, 0.25) is 5.91 Å². The van der Waals surface area contributed by atoms with Gasteiger partial charge in [0.05, 0.1) is 12.1 Å². The second-order valence-corrected chi connectivity index (χ2v) is 4.07. The number of nitrogens with zero attached hydrogens (tertiary/aromatic N) is 3. The SMILES string of the molecule is CC(Cn1cccn1)Nc1ccc(C(N)=O)cn1. The van der Waals surface area contributed by atoms with E-state index in [2.05, 4.69) is 15.4 Å². The molecule has 0 bridgehead atoms. The van der Waals surface area contributed by atoms with E-state index in [1.165, 1.54) is 6.20 Å². The van der Waals surface area contributed by atoms with Crippen molar-refractivity contribution in [1.29, 1.82) is 0 Å². The van der Waals surface area contributed by atoms with Gasteiger partial charge in [-0.15, -0.1) is 0 Å². The fraction of sp³-hybridized carbons (Fsp3) is 0.250. The summed E-state index contributed by atoms with van der Waals surface area (Å²) in [6.45, 7) is 2.78. The maximum Gasteiger partial charge on any atom is 0.250 e. The van der Waals surface area contributed by atoms with Crippen molar-refractivity contribution >= 4 is 11.7 Å². The van der Waals surface area contributed by atoms with Gasteiger partial charge in [0.15, 0.2) is 0 Å². The van der Waals surface area contributed by atoms with Crippen molar-refractivity contribution in [1.82, 2.24) is 14.8 Å². The Kier molecular flexibility index (Phi) is 3.57. The Balaban J connectivity index is 1.94. The maximum absolute atomic E-state index is 10.9. The molecule has 2 aromatic heterocycles. The predicted octanol–water partition coefficient (Wildman–Crippen LogP) is 0.878. The predicted molar refractivity (Wildman–Crippen MR) is 68.1 cm³/mol. The summed E-state index contributed by atoms with van der Waals surface area (Å²) in [5.74, 6) is 0.235. The minimum atomic E-state index is -0.473. The fourth-order valence-corrected chi connectivity index (χ4v) is 1.61. The lowest BCUT2D eigenvalue weighted by atomic mass is 10.2. The third-order valence-corrected chi connectivity index (χ3v) is 2.46. The summed E-state index contributed by atoms with van der Waals surface area (Å²) < 4.78 is 1.84. The number of carbonyl (C=O) groups excluding carboxylic acids is 1. The van der Waals surface area contributed by atoms with Crippen molar-refractivity contribution in [2.75, 3.05) is 5.32 Å². The molecule has 0 aliphatic carbocycles. The standard InChI is InChI=1S/C12H15N5O/c1-9(8-17-6-2-5-15-17)16-11-4-3-10(7-14-11)12(13)18/h2-7,9H,8H2,1H3,(H2,13,18)(H,14,16). The Hall–Kier alpha value is -2.37. The van der Waals surface area contributed by atoms with E-state index >= 15 is 0 Å². The van der Waals surface area contributed by atoms with Gasteiger partial charge < -0.3 is 11.1 Å². The van der Waals surface area contributed by atoms with Crippen LogP contribution in [0, 0.1) is 0 Å². The Morgan fingerprint density at radius 3 is 2.94 bits per heavy atom. The van der Waals surface area contributed by atoms with Crippen LogP contribution < -0.4 is 11.1 Å². The molecule has 0 fully saturated rings. The highest BCUT2D eigenvalue weighted by Crippen LogP contribution is 2.07. The zero-order valence-corrected chi connectivity index (χ0v) is 10.1. The summed E-state index contributed by atoms with van der Waals surface area (Å²) in [5, 5.41) is 7.35. The number of pyridine rings is 1. The molecule has 0 saturated carbocycles. The van der Waals surface area contributed by atoms with E-state index < -0.39 is 5.91 Å². The van der Waals surface area contributed by atoms with Crippen LogP contribution in [0.25, 0.3) is 0 Å². The lowest BCUT2D eigenvalue weighted by Gasteiger charge is -2.14. The number of carbonyl (C=O) groups is 1. The Labute approximate surface area is 105 Å². The summed E-state index contributed by atoms with van der Waals surface area (Å²) in [4.78, 5) is 15.0.